The standard InChI is InChI=1S/C20H22N4O3/c25-14-16(13-15-7-2-1-3-8-15)21-19(26)11-6-12-24-20(27)17-9-4-5-10-18(17)22-23-24/h1-5,7-10,16,25H,6,11-14H2,(H,21,26)/t16-/m1/s1. The fourth-order valence-electron chi connectivity index (χ4n) is 2.92. The fourth-order valence-corrected chi connectivity index (χ4v) is 2.92. The number of hydrogen-bond donors (Lipinski definition) is 2. The third-order valence-corrected chi connectivity index (χ3v) is 4.31. The molecule has 1 aromatic heterocycles. The molecule has 0 unspecified atom stereocenters. The smallest absolute Gasteiger partial charge is 0.277 e. The lowest BCUT2D eigenvalue weighted by atomic mass is 10.1. The molecule has 0 bridgehead atoms. The Kier molecular flexibility index (Phi) is 6.27. The summed E-state index contributed by atoms with van der Waals surface area (Å²) in [5.74, 6) is -0.160. The number of nitrogens with zero attached hydrogens (tertiary/aromatic N) is 3. The highest BCUT2D eigenvalue weighted by Gasteiger charge is 2.12. The molecular weight excluding hydrogens is 344 g/mol. The third kappa shape index (κ3) is 4.98. The van der Waals surface area contributed by atoms with Crippen LogP contribution in [-0.4, -0.2) is 38.7 Å². The van der Waals surface area contributed by atoms with Crippen molar-refractivity contribution >= 4 is 16.8 Å². The van der Waals surface area contributed by atoms with E-state index in [1.807, 2.05) is 30.3 Å². The van der Waals surface area contributed by atoms with Crippen LogP contribution in [0.15, 0.2) is 59.4 Å². The van der Waals surface area contributed by atoms with Gasteiger partial charge in [0.1, 0.15) is 5.52 Å². The zero-order chi connectivity index (χ0) is 19.1. The van der Waals surface area contributed by atoms with E-state index < -0.39 is 0 Å². The molecule has 0 spiro atoms. The summed E-state index contributed by atoms with van der Waals surface area (Å²) in [5.41, 5.74) is 1.40. The number of aliphatic hydroxyl groups excluding tert-OH is 1. The minimum absolute atomic E-state index is 0.129. The Morgan fingerprint density at radius 3 is 2.63 bits per heavy atom. The number of aromatic nitrogens is 3. The average Bonchev–Trinajstić information content (AvgIpc) is 2.70. The maximum Gasteiger partial charge on any atom is 0.277 e. The minimum Gasteiger partial charge on any atom is -0.394 e. The van der Waals surface area contributed by atoms with Gasteiger partial charge in [0, 0.05) is 13.0 Å². The number of carbonyl (C=O) groups is 1. The predicted octanol–water partition coefficient (Wildman–Crippen LogP) is 1.29. The van der Waals surface area contributed by atoms with Gasteiger partial charge in [0.05, 0.1) is 18.0 Å². The molecule has 140 valence electrons. The molecule has 0 saturated carbocycles. The van der Waals surface area contributed by atoms with Gasteiger partial charge in [-0.1, -0.05) is 47.7 Å². The van der Waals surface area contributed by atoms with E-state index in [0.717, 1.165) is 5.56 Å². The maximum atomic E-state index is 12.4. The Morgan fingerprint density at radius 2 is 1.85 bits per heavy atom. The van der Waals surface area contributed by atoms with Crippen molar-refractivity contribution in [2.24, 2.45) is 0 Å². The Hall–Kier alpha value is -3.06. The van der Waals surface area contributed by atoms with E-state index in [2.05, 4.69) is 15.6 Å². The van der Waals surface area contributed by atoms with Gasteiger partial charge in [0.15, 0.2) is 0 Å². The molecule has 2 N–H and O–H groups in total. The highest BCUT2D eigenvalue weighted by molar-refractivity contribution is 5.77. The Balaban J connectivity index is 1.52. The highest BCUT2D eigenvalue weighted by Crippen LogP contribution is 2.05. The lowest BCUT2D eigenvalue weighted by molar-refractivity contribution is -0.122. The Labute approximate surface area is 156 Å². The van der Waals surface area contributed by atoms with Crippen LogP contribution in [0.5, 0.6) is 0 Å². The van der Waals surface area contributed by atoms with Gasteiger partial charge < -0.3 is 10.4 Å². The molecule has 0 aliphatic rings. The van der Waals surface area contributed by atoms with Crippen molar-refractivity contribution in [3.8, 4) is 0 Å². The maximum absolute atomic E-state index is 12.4. The van der Waals surface area contributed by atoms with E-state index in [1.54, 1.807) is 24.3 Å². The van der Waals surface area contributed by atoms with Crippen LogP contribution in [0, 0.1) is 0 Å². The molecule has 0 radical (unpaired) electrons. The van der Waals surface area contributed by atoms with Crippen molar-refractivity contribution in [3.63, 3.8) is 0 Å². The van der Waals surface area contributed by atoms with Crippen molar-refractivity contribution < 1.29 is 9.90 Å². The van der Waals surface area contributed by atoms with Crippen LogP contribution in [0.25, 0.3) is 10.9 Å². The fraction of sp³-hybridized carbons (Fsp3) is 0.300. The number of aryl methyl sites for hydroxylation is 1. The van der Waals surface area contributed by atoms with Gasteiger partial charge in [-0.3, -0.25) is 9.59 Å². The molecule has 27 heavy (non-hydrogen) atoms. The number of nitrogens with one attached hydrogen (secondary N) is 1. The van der Waals surface area contributed by atoms with Gasteiger partial charge in [0.25, 0.3) is 5.56 Å². The normalized spacial score (nSPS) is 12.0. The van der Waals surface area contributed by atoms with E-state index in [4.69, 9.17) is 0 Å². The van der Waals surface area contributed by atoms with Crippen molar-refractivity contribution in [2.75, 3.05) is 6.61 Å². The van der Waals surface area contributed by atoms with Gasteiger partial charge in [-0.25, -0.2) is 4.68 Å². The molecule has 7 nitrogen and oxygen atoms in total. The summed E-state index contributed by atoms with van der Waals surface area (Å²) in [6, 6.07) is 16.4. The van der Waals surface area contributed by atoms with Gasteiger partial charge in [0.2, 0.25) is 5.91 Å². The van der Waals surface area contributed by atoms with Gasteiger partial charge in [-0.05, 0) is 30.5 Å². The Bertz CT molecular complexity index is 956. The van der Waals surface area contributed by atoms with Crippen molar-refractivity contribution in [1.29, 1.82) is 0 Å². The third-order valence-electron chi connectivity index (χ3n) is 4.31. The van der Waals surface area contributed by atoms with Crippen LogP contribution < -0.4 is 10.9 Å². The topological polar surface area (TPSA) is 97.1 Å². The summed E-state index contributed by atoms with van der Waals surface area (Å²) in [7, 11) is 0. The molecule has 0 aliphatic carbocycles. The molecule has 0 saturated heterocycles. The van der Waals surface area contributed by atoms with Gasteiger partial charge in [-0.15, -0.1) is 5.10 Å². The lowest BCUT2D eigenvalue weighted by Gasteiger charge is -2.16. The quantitative estimate of drug-likeness (QED) is 0.626. The van der Waals surface area contributed by atoms with Crippen LogP contribution in [0.2, 0.25) is 0 Å². The predicted molar refractivity (Wildman–Crippen MR) is 102 cm³/mol. The second kappa shape index (κ2) is 9.05. The van der Waals surface area contributed by atoms with Crippen LogP contribution in [0.3, 0.4) is 0 Å². The first-order valence-corrected chi connectivity index (χ1v) is 8.94. The van der Waals surface area contributed by atoms with E-state index >= 15 is 0 Å². The number of carbonyl (C=O) groups excluding carboxylic acids is 1. The van der Waals surface area contributed by atoms with Crippen molar-refractivity contribution in [2.45, 2.75) is 31.8 Å². The summed E-state index contributed by atoms with van der Waals surface area (Å²) in [5, 5.41) is 20.8. The molecule has 3 rings (SSSR count). The molecule has 1 heterocycles. The van der Waals surface area contributed by atoms with Crippen LogP contribution >= 0.6 is 0 Å². The van der Waals surface area contributed by atoms with E-state index in [-0.39, 0.29) is 30.5 Å². The molecule has 1 amide bonds. The Morgan fingerprint density at radius 1 is 1.11 bits per heavy atom. The first kappa shape index (κ1) is 18.7. The molecule has 3 aromatic rings. The highest BCUT2D eigenvalue weighted by atomic mass is 16.3. The monoisotopic (exact) mass is 366 g/mol. The number of fused-ring (bicyclic) bond motifs is 1. The SMILES string of the molecule is O=C(CCCn1nnc2ccccc2c1=O)N[C@@H](CO)Cc1ccccc1. The van der Waals surface area contributed by atoms with Crippen LogP contribution in [0.4, 0.5) is 0 Å². The lowest BCUT2D eigenvalue weighted by Crippen LogP contribution is -2.39. The summed E-state index contributed by atoms with van der Waals surface area (Å²) in [6.45, 7) is 0.183. The summed E-state index contributed by atoms with van der Waals surface area (Å²) < 4.78 is 1.28. The summed E-state index contributed by atoms with van der Waals surface area (Å²) in [4.78, 5) is 24.5. The average molecular weight is 366 g/mol. The first-order chi connectivity index (χ1) is 13.2. The van der Waals surface area contributed by atoms with E-state index in [1.165, 1.54) is 4.68 Å². The van der Waals surface area contributed by atoms with Gasteiger partial charge in [-0.2, -0.15) is 0 Å². The van der Waals surface area contributed by atoms with Crippen molar-refractivity contribution in [1.82, 2.24) is 20.3 Å². The second-order valence-electron chi connectivity index (χ2n) is 6.38. The molecule has 1 atom stereocenters. The van der Waals surface area contributed by atoms with Crippen LogP contribution in [0.1, 0.15) is 18.4 Å². The number of benzene rings is 2. The number of hydrogen-bond acceptors (Lipinski definition) is 5. The zero-order valence-electron chi connectivity index (χ0n) is 14.9. The second-order valence-corrected chi connectivity index (χ2v) is 6.38. The summed E-state index contributed by atoms with van der Waals surface area (Å²) >= 11 is 0. The largest absolute Gasteiger partial charge is 0.394 e. The molecule has 0 fully saturated rings. The van der Waals surface area contributed by atoms with Gasteiger partial charge >= 0.3 is 0 Å². The molecular formula is C20H22N4O3. The number of amides is 1. The number of rotatable bonds is 8. The van der Waals surface area contributed by atoms with Crippen molar-refractivity contribution in [3.05, 3.63) is 70.5 Å². The summed E-state index contributed by atoms with van der Waals surface area (Å²) in [6.07, 6.45) is 1.27. The molecule has 2 aromatic carbocycles. The zero-order valence-corrected chi connectivity index (χ0v) is 14.9. The van der Waals surface area contributed by atoms with E-state index in [9.17, 15) is 14.7 Å². The molecule has 7 heteroatoms. The molecule has 0 aliphatic heterocycles. The van der Waals surface area contributed by atoms with Crippen LogP contribution in [-0.2, 0) is 17.8 Å². The number of aliphatic hydroxyl groups is 1. The minimum atomic E-state index is -0.330. The van der Waals surface area contributed by atoms with E-state index in [0.29, 0.717) is 30.3 Å². The first-order valence-electron chi connectivity index (χ1n) is 8.94.